The van der Waals surface area contributed by atoms with Crippen molar-refractivity contribution in [2.45, 2.75) is 33.3 Å². The van der Waals surface area contributed by atoms with Crippen LogP contribution in [0.1, 0.15) is 27.2 Å². The van der Waals surface area contributed by atoms with Crippen LogP contribution in [0.5, 0.6) is 17.2 Å². The molecule has 0 atom stereocenters. The van der Waals surface area contributed by atoms with Crippen molar-refractivity contribution in [3.05, 3.63) is 61.3 Å². The molecule has 0 unspecified atom stereocenters. The van der Waals surface area contributed by atoms with E-state index in [1.165, 1.54) is 13.2 Å². The zero-order valence-corrected chi connectivity index (χ0v) is 22.6. The number of methoxy groups -OCH3 is 1. The van der Waals surface area contributed by atoms with Gasteiger partial charge in [-0.05, 0) is 44.5 Å². The lowest BCUT2D eigenvalue weighted by molar-refractivity contribution is 0.242. The van der Waals surface area contributed by atoms with Gasteiger partial charge in [-0.25, -0.2) is 4.39 Å². The van der Waals surface area contributed by atoms with E-state index in [2.05, 4.69) is 6.07 Å². The van der Waals surface area contributed by atoms with Crippen molar-refractivity contribution in [2.75, 3.05) is 13.7 Å². The molecule has 0 N–H and O–H groups in total. The van der Waals surface area contributed by atoms with Crippen LogP contribution in [0.3, 0.4) is 0 Å². The predicted octanol–water partition coefficient (Wildman–Crippen LogP) is 9.81. The van der Waals surface area contributed by atoms with E-state index >= 15 is 0 Å². The fourth-order valence-electron chi connectivity index (χ4n) is 3.26. The Kier molecular flexibility index (Phi) is 9.10. The van der Waals surface area contributed by atoms with Gasteiger partial charge < -0.3 is 14.2 Å². The Balaban J connectivity index is 2.30. The first kappa shape index (κ1) is 27.0. The smallest absolute Gasteiger partial charge is 0.147 e. The highest BCUT2D eigenvalue weighted by atomic mass is 35.5. The summed E-state index contributed by atoms with van der Waals surface area (Å²) in [5, 5.41) is 1.01. The molecular weight excluding hydrogens is 545 g/mol. The Morgan fingerprint density at radius 2 is 1.56 bits per heavy atom. The Morgan fingerprint density at radius 3 is 2.18 bits per heavy atom. The molecule has 3 nitrogen and oxygen atoms in total. The van der Waals surface area contributed by atoms with Crippen LogP contribution >= 0.6 is 58.0 Å². The Morgan fingerprint density at radius 1 is 0.912 bits per heavy atom. The number of ether oxygens (including phenoxy) is 3. The van der Waals surface area contributed by atoms with E-state index in [0.717, 1.165) is 6.07 Å². The van der Waals surface area contributed by atoms with Gasteiger partial charge in [0.1, 0.15) is 23.1 Å². The third kappa shape index (κ3) is 5.63. The minimum Gasteiger partial charge on any atom is -0.495 e. The van der Waals surface area contributed by atoms with Crippen molar-refractivity contribution < 1.29 is 18.6 Å². The molecule has 0 aromatic heterocycles. The number of rotatable bonds is 8. The number of benzene rings is 3. The van der Waals surface area contributed by atoms with Gasteiger partial charge in [0.05, 0.1) is 44.9 Å². The van der Waals surface area contributed by atoms with Gasteiger partial charge in [0, 0.05) is 28.3 Å². The summed E-state index contributed by atoms with van der Waals surface area (Å²) in [7, 11) is 1.43. The number of hydrogen-bond acceptors (Lipinski definition) is 3. The molecule has 3 rings (SSSR count). The average molecular weight is 566 g/mol. The van der Waals surface area contributed by atoms with Gasteiger partial charge in [0.2, 0.25) is 0 Å². The summed E-state index contributed by atoms with van der Waals surface area (Å²) in [4.78, 5) is 0. The molecule has 0 spiro atoms. The summed E-state index contributed by atoms with van der Waals surface area (Å²) in [6, 6.07) is 8.80. The van der Waals surface area contributed by atoms with Crippen molar-refractivity contribution in [3.8, 4) is 39.5 Å². The third-order valence-corrected chi connectivity index (χ3v) is 6.26. The summed E-state index contributed by atoms with van der Waals surface area (Å²) in [6.45, 7) is 6.01. The van der Waals surface area contributed by atoms with Crippen molar-refractivity contribution in [1.82, 2.24) is 0 Å². The molecule has 0 saturated heterocycles. The highest BCUT2D eigenvalue weighted by molar-refractivity contribution is 6.43. The molecule has 9 heteroatoms. The van der Waals surface area contributed by atoms with Crippen molar-refractivity contribution in [3.63, 3.8) is 0 Å². The van der Waals surface area contributed by atoms with Gasteiger partial charge in [-0.15, -0.1) is 0 Å². The molecule has 0 amide bonds. The van der Waals surface area contributed by atoms with Gasteiger partial charge in [0.15, 0.2) is 0 Å². The van der Waals surface area contributed by atoms with Crippen LogP contribution in [0.4, 0.5) is 4.39 Å². The molecule has 0 saturated carbocycles. The van der Waals surface area contributed by atoms with E-state index in [9.17, 15) is 4.39 Å². The van der Waals surface area contributed by atoms with Gasteiger partial charge in [-0.2, -0.15) is 0 Å². The standard InChI is InChI=1S/C25H21Cl5FO3/c1-5-6-33-25-14(13-8-21(32-4)18(28)11-20(13)31)7-19(29)23(24(25)30)15-9-22(34-12(2)3)17(27)10-16(15)26/h8-12H,5-6H2,1-4H3. The molecule has 0 aliphatic rings. The monoisotopic (exact) mass is 563 g/mol. The van der Waals surface area contributed by atoms with Gasteiger partial charge >= 0.3 is 0 Å². The second-order valence-corrected chi connectivity index (χ2v) is 9.55. The summed E-state index contributed by atoms with van der Waals surface area (Å²) >= 11 is 32.3. The SMILES string of the molecule is CCCOc1c(-c2cc(OC)c(Cl)cc2F)[c]c(Cl)c(-c2cc(OC(C)C)c(Cl)cc2Cl)c1Cl. The highest BCUT2D eigenvalue weighted by Gasteiger charge is 2.25. The lowest BCUT2D eigenvalue weighted by Crippen LogP contribution is -2.06. The Hall–Kier alpha value is -1.56. The second kappa shape index (κ2) is 11.5. The van der Waals surface area contributed by atoms with E-state index < -0.39 is 5.82 Å². The molecule has 3 aromatic rings. The molecule has 0 heterocycles. The summed E-state index contributed by atoms with van der Waals surface area (Å²) in [5.74, 6) is 0.279. The molecule has 34 heavy (non-hydrogen) atoms. The van der Waals surface area contributed by atoms with E-state index in [1.54, 1.807) is 12.1 Å². The van der Waals surface area contributed by atoms with Crippen LogP contribution in [0.2, 0.25) is 25.1 Å². The van der Waals surface area contributed by atoms with Gasteiger partial charge in [-0.3, -0.25) is 0 Å². The summed E-state index contributed by atoms with van der Waals surface area (Å²) < 4.78 is 31.9. The molecule has 181 valence electrons. The fourth-order valence-corrected chi connectivity index (χ4v) is 4.69. The van der Waals surface area contributed by atoms with E-state index in [0.29, 0.717) is 39.9 Å². The lowest BCUT2D eigenvalue weighted by Gasteiger charge is -2.20. The largest absolute Gasteiger partial charge is 0.495 e. The van der Waals surface area contributed by atoms with Crippen LogP contribution in [0, 0.1) is 11.9 Å². The topological polar surface area (TPSA) is 27.7 Å². The first-order chi connectivity index (χ1) is 16.1. The maximum absolute atomic E-state index is 15.0. The van der Waals surface area contributed by atoms with Gasteiger partial charge in [0.25, 0.3) is 0 Å². The highest BCUT2D eigenvalue weighted by Crippen LogP contribution is 2.50. The van der Waals surface area contributed by atoms with Crippen LogP contribution in [-0.2, 0) is 0 Å². The maximum atomic E-state index is 15.0. The molecule has 3 aromatic carbocycles. The van der Waals surface area contributed by atoms with Crippen molar-refractivity contribution >= 4 is 58.0 Å². The normalized spacial score (nSPS) is 11.1. The zero-order valence-electron chi connectivity index (χ0n) is 18.8. The van der Waals surface area contributed by atoms with Crippen molar-refractivity contribution in [1.29, 1.82) is 0 Å². The Labute approximate surface area is 223 Å². The fraction of sp³-hybridized carbons (Fsp3) is 0.280. The quantitative estimate of drug-likeness (QED) is 0.272. The minimum atomic E-state index is -0.611. The predicted molar refractivity (Wildman–Crippen MR) is 139 cm³/mol. The Bertz CT molecular complexity index is 1210. The molecule has 0 aliphatic carbocycles. The van der Waals surface area contributed by atoms with Crippen LogP contribution < -0.4 is 14.2 Å². The number of hydrogen-bond donors (Lipinski definition) is 0. The van der Waals surface area contributed by atoms with Crippen LogP contribution in [0.15, 0.2) is 24.3 Å². The van der Waals surface area contributed by atoms with E-state index in [4.69, 9.17) is 72.2 Å². The summed E-state index contributed by atoms with van der Waals surface area (Å²) in [5.41, 5.74) is 1.17. The first-order valence-corrected chi connectivity index (χ1v) is 12.2. The molecule has 0 fully saturated rings. The lowest BCUT2D eigenvalue weighted by atomic mass is 9.97. The van der Waals surface area contributed by atoms with E-state index in [-0.39, 0.29) is 43.8 Å². The van der Waals surface area contributed by atoms with Gasteiger partial charge in [-0.1, -0.05) is 64.9 Å². The van der Waals surface area contributed by atoms with Crippen LogP contribution in [-0.4, -0.2) is 19.8 Å². The third-order valence-electron chi connectivity index (χ3n) is 4.72. The second-order valence-electron chi connectivity index (χ2n) is 7.58. The molecule has 0 bridgehead atoms. The summed E-state index contributed by atoms with van der Waals surface area (Å²) in [6.07, 6.45) is 0.562. The van der Waals surface area contributed by atoms with Crippen LogP contribution in [0.25, 0.3) is 22.3 Å². The van der Waals surface area contributed by atoms with Crippen molar-refractivity contribution in [2.24, 2.45) is 0 Å². The molecule has 1 radical (unpaired) electrons. The molecule has 0 aliphatic heterocycles. The maximum Gasteiger partial charge on any atom is 0.147 e. The minimum absolute atomic E-state index is 0.108. The molecular formula is C25H21Cl5FO3. The number of halogens is 6. The zero-order chi connectivity index (χ0) is 25.2. The first-order valence-electron chi connectivity index (χ1n) is 10.4. The average Bonchev–Trinajstić information content (AvgIpc) is 2.75. The van der Waals surface area contributed by atoms with E-state index in [1.807, 2.05) is 20.8 Å².